The van der Waals surface area contributed by atoms with Gasteiger partial charge in [0.1, 0.15) is 6.54 Å². The highest BCUT2D eigenvalue weighted by atomic mass is 16.5. The van der Waals surface area contributed by atoms with Crippen LogP contribution in [0.25, 0.3) is 11.4 Å². The van der Waals surface area contributed by atoms with Crippen molar-refractivity contribution in [1.82, 2.24) is 15.0 Å². The molecule has 32 heavy (non-hydrogen) atoms. The number of nitrogens with zero attached hydrogens (tertiary/aromatic N) is 3. The Kier molecular flexibility index (Phi) is 6.73. The van der Waals surface area contributed by atoms with Crippen LogP contribution in [0.4, 0.5) is 0 Å². The molecule has 1 aromatic heterocycles. The molecule has 4 rings (SSSR count). The third-order valence-corrected chi connectivity index (χ3v) is 5.99. The molecule has 1 aliphatic carbocycles. The molecule has 0 radical (unpaired) electrons. The molecule has 1 amide bonds. The summed E-state index contributed by atoms with van der Waals surface area (Å²) in [5, 5.41) is 4.14. The van der Waals surface area contributed by atoms with E-state index >= 15 is 0 Å². The second-order valence-corrected chi connectivity index (χ2v) is 8.17. The van der Waals surface area contributed by atoms with Crippen LogP contribution >= 0.6 is 0 Å². The van der Waals surface area contributed by atoms with Crippen LogP contribution in [0, 0.1) is 6.92 Å². The summed E-state index contributed by atoms with van der Waals surface area (Å²) >= 11 is 0. The normalized spacial score (nSPS) is 14.2. The number of carbonyl (C=O) groups is 1. The van der Waals surface area contributed by atoms with Gasteiger partial charge in [-0.2, -0.15) is 4.98 Å². The number of aryl methyl sites for hydroxylation is 1. The first-order valence-electron chi connectivity index (χ1n) is 11.0. The first-order chi connectivity index (χ1) is 15.6. The Bertz CT molecular complexity index is 1060. The van der Waals surface area contributed by atoms with Gasteiger partial charge in [0.15, 0.2) is 11.5 Å². The molecule has 7 heteroatoms. The van der Waals surface area contributed by atoms with E-state index in [0.29, 0.717) is 28.8 Å². The highest BCUT2D eigenvalue weighted by Gasteiger charge is 2.28. The highest BCUT2D eigenvalue weighted by Crippen LogP contribution is 2.31. The van der Waals surface area contributed by atoms with Crippen molar-refractivity contribution in [3.8, 4) is 22.9 Å². The van der Waals surface area contributed by atoms with E-state index in [1.54, 1.807) is 20.3 Å². The minimum Gasteiger partial charge on any atom is -0.493 e. The van der Waals surface area contributed by atoms with Gasteiger partial charge in [0, 0.05) is 17.2 Å². The molecule has 1 heterocycles. The van der Waals surface area contributed by atoms with E-state index in [0.717, 1.165) is 36.8 Å². The number of aromatic nitrogens is 2. The standard InChI is InChI=1S/C25H29N3O4/c1-17-9-11-18(12-10-17)25(29)28(20-7-5-4-6-8-20)16-23-26-24(27-32-23)19-13-14-21(30-2)22(15-19)31-3/h9-15,20H,4-8,16H2,1-3H3. The van der Waals surface area contributed by atoms with Crippen LogP contribution in [0.2, 0.25) is 0 Å². The van der Waals surface area contributed by atoms with Gasteiger partial charge in [-0.1, -0.05) is 42.1 Å². The van der Waals surface area contributed by atoms with Gasteiger partial charge in [-0.15, -0.1) is 0 Å². The zero-order chi connectivity index (χ0) is 22.5. The molecule has 1 aliphatic rings. The maximum atomic E-state index is 13.4. The number of rotatable bonds is 7. The van der Waals surface area contributed by atoms with Crippen molar-refractivity contribution in [2.24, 2.45) is 0 Å². The Labute approximate surface area is 188 Å². The van der Waals surface area contributed by atoms with Crippen molar-refractivity contribution in [2.45, 2.75) is 51.6 Å². The number of methoxy groups -OCH3 is 2. The molecule has 0 N–H and O–H groups in total. The third-order valence-electron chi connectivity index (χ3n) is 5.99. The summed E-state index contributed by atoms with van der Waals surface area (Å²) in [5.41, 5.74) is 2.56. The van der Waals surface area contributed by atoms with Crippen LogP contribution in [0.1, 0.15) is 53.9 Å². The van der Waals surface area contributed by atoms with Crippen molar-refractivity contribution >= 4 is 5.91 Å². The molecular formula is C25H29N3O4. The molecule has 0 unspecified atom stereocenters. The van der Waals surface area contributed by atoms with Crippen LogP contribution in [-0.4, -0.2) is 41.2 Å². The smallest absolute Gasteiger partial charge is 0.254 e. The fourth-order valence-electron chi connectivity index (χ4n) is 4.18. The Hall–Kier alpha value is -3.35. The number of ether oxygens (including phenoxy) is 2. The lowest BCUT2D eigenvalue weighted by Gasteiger charge is -2.33. The Morgan fingerprint density at radius 3 is 2.44 bits per heavy atom. The SMILES string of the molecule is COc1ccc(-c2noc(CN(C(=O)c3ccc(C)cc3)C3CCCCC3)n2)cc1OC. The number of benzene rings is 2. The van der Waals surface area contributed by atoms with Crippen molar-refractivity contribution in [1.29, 1.82) is 0 Å². The summed E-state index contributed by atoms with van der Waals surface area (Å²) in [7, 11) is 3.18. The fraction of sp³-hybridized carbons (Fsp3) is 0.400. The second-order valence-electron chi connectivity index (χ2n) is 8.17. The van der Waals surface area contributed by atoms with Gasteiger partial charge in [0.25, 0.3) is 5.91 Å². The molecule has 0 aliphatic heterocycles. The monoisotopic (exact) mass is 435 g/mol. The largest absolute Gasteiger partial charge is 0.493 e. The summed E-state index contributed by atoms with van der Waals surface area (Å²) in [6.07, 6.45) is 5.46. The summed E-state index contributed by atoms with van der Waals surface area (Å²) in [4.78, 5) is 19.9. The van der Waals surface area contributed by atoms with Gasteiger partial charge in [-0.05, 0) is 50.1 Å². The van der Waals surface area contributed by atoms with Gasteiger partial charge < -0.3 is 18.9 Å². The molecule has 0 saturated heterocycles. The fourth-order valence-corrected chi connectivity index (χ4v) is 4.18. The molecule has 0 spiro atoms. The minimum atomic E-state index is 0.00256. The van der Waals surface area contributed by atoms with Crippen LogP contribution in [0.5, 0.6) is 11.5 Å². The lowest BCUT2D eigenvalue weighted by molar-refractivity contribution is 0.0586. The predicted molar refractivity (Wildman–Crippen MR) is 121 cm³/mol. The van der Waals surface area contributed by atoms with Gasteiger partial charge in [0.2, 0.25) is 11.7 Å². The topological polar surface area (TPSA) is 77.7 Å². The summed E-state index contributed by atoms with van der Waals surface area (Å²) in [6.45, 7) is 2.30. The second kappa shape index (κ2) is 9.85. The van der Waals surface area contributed by atoms with Crippen molar-refractivity contribution < 1.29 is 18.8 Å². The lowest BCUT2D eigenvalue weighted by Crippen LogP contribution is -2.41. The molecule has 1 saturated carbocycles. The molecular weight excluding hydrogens is 406 g/mol. The lowest BCUT2D eigenvalue weighted by atomic mass is 9.93. The molecule has 7 nitrogen and oxygen atoms in total. The molecule has 1 fully saturated rings. The molecule has 3 aromatic rings. The van der Waals surface area contributed by atoms with E-state index < -0.39 is 0 Å². The third kappa shape index (κ3) is 4.77. The number of amides is 1. The molecule has 0 bridgehead atoms. The Morgan fingerprint density at radius 1 is 1.03 bits per heavy atom. The number of hydrogen-bond donors (Lipinski definition) is 0. The first-order valence-corrected chi connectivity index (χ1v) is 11.0. The van der Waals surface area contributed by atoms with Crippen molar-refractivity contribution in [3.05, 3.63) is 59.5 Å². The first kappa shape index (κ1) is 21.9. The molecule has 2 aromatic carbocycles. The van der Waals surface area contributed by atoms with Crippen LogP contribution < -0.4 is 9.47 Å². The quantitative estimate of drug-likeness (QED) is 0.518. The van der Waals surface area contributed by atoms with Gasteiger partial charge >= 0.3 is 0 Å². The van der Waals surface area contributed by atoms with Gasteiger partial charge in [0.05, 0.1) is 14.2 Å². The highest BCUT2D eigenvalue weighted by molar-refractivity contribution is 5.94. The summed E-state index contributed by atoms with van der Waals surface area (Å²) in [5.74, 6) is 2.10. The maximum Gasteiger partial charge on any atom is 0.254 e. The average molecular weight is 436 g/mol. The Balaban J connectivity index is 1.58. The number of carbonyl (C=O) groups excluding carboxylic acids is 1. The minimum absolute atomic E-state index is 0.00256. The van der Waals surface area contributed by atoms with Crippen LogP contribution in [0.3, 0.4) is 0 Å². The maximum absolute atomic E-state index is 13.4. The van der Waals surface area contributed by atoms with E-state index in [1.807, 2.05) is 48.2 Å². The van der Waals surface area contributed by atoms with Crippen LogP contribution in [0.15, 0.2) is 47.0 Å². The Morgan fingerprint density at radius 2 is 1.75 bits per heavy atom. The van der Waals surface area contributed by atoms with Crippen molar-refractivity contribution in [2.75, 3.05) is 14.2 Å². The molecule has 0 atom stereocenters. The van der Waals surface area contributed by atoms with Crippen molar-refractivity contribution in [3.63, 3.8) is 0 Å². The number of hydrogen-bond acceptors (Lipinski definition) is 6. The van der Waals surface area contributed by atoms with E-state index in [1.165, 1.54) is 6.42 Å². The average Bonchev–Trinajstić information content (AvgIpc) is 3.31. The van der Waals surface area contributed by atoms with Gasteiger partial charge in [-0.3, -0.25) is 4.79 Å². The zero-order valence-corrected chi connectivity index (χ0v) is 18.8. The van der Waals surface area contributed by atoms with E-state index in [2.05, 4.69) is 10.1 Å². The summed E-state index contributed by atoms with van der Waals surface area (Å²) < 4.78 is 16.2. The van der Waals surface area contributed by atoms with E-state index in [9.17, 15) is 4.79 Å². The summed E-state index contributed by atoms with van der Waals surface area (Å²) in [6, 6.07) is 13.3. The molecule has 168 valence electrons. The van der Waals surface area contributed by atoms with E-state index in [4.69, 9.17) is 14.0 Å². The van der Waals surface area contributed by atoms with Crippen LogP contribution in [-0.2, 0) is 6.54 Å². The van der Waals surface area contributed by atoms with Gasteiger partial charge in [-0.25, -0.2) is 0 Å². The van der Waals surface area contributed by atoms with E-state index in [-0.39, 0.29) is 18.5 Å². The predicted octanol–water partition coefficient (Wildman–Crippen LogP) is 5.04. The zero-order valence-electron chi connectivity index (χ0n) is 18.8.